The van der Waals surface area contributed by atoms with Gasteiger partial charge in [-0.25, -0.2) is 4.98 Å². The van der Waals surface area contributed by atoms with Crippen molar-refractivity contribution in [3.63, 3.8) is 0 Å². The van der Waals surface area contributed by atoms with Crippen LogP contribution in [0.2, 0.25) is 0 Å². The van der Waals surface area contributed by atoms with Gasteiger partial charge in [0, 0.05) is 36.4 Å². The Balaban J connectivity index is 1.66. The van der Waals surface area contributed by atoms with Gasteiger partial charge in [-0.2, -0.15) is 0 Å². The molecule has 3 rings (SSSR count). The molecule has 1 fully saturated rings. The molecule has 0 bridgehead atoms. The van der Waals surface area contributed by atoms with E-state index < -0.39 is 0 Å². The molecule has 2 aromatic heterocycles. The number of aromatic nitrogens is 2. The van der Waals surface area contributed by atoms with Crippen LogP contribution in [0.5, 0.6) is 0 Å². The second-order valence-corrected chi connectivity index (χ2v) is 6.48. The molecule has 1 aliphatic rings. The van der Waals surface area contributed by atoms with Crippen LogP contribution >= 0.6 is 11.3 Å². The molecule has 0 saturated carbocycles. The Morgan fingerprint density at radius 3 is 2.86 bits per heavy atom. The zero-order valence-electron chi connectivity index (χ0n) is 12.7. The van der Waals surface area contributed by atoms with Gasteiger partial charge in [-0.05, 0) is 26.0 Å². The molecule has 5 nitrogen and oxygen atoms in total. The van der Waals surface area contributed by atoms with Crippen molar-refractivity contribution in [1.29, 1.82) is 0 Å². The van der Waals surface area contributed by atoms with Crippen molar-refractivity contribution in [3.05, 3.63) is 35.6 Å². The van der Waals surface area contributed by atoms with Crippen LogP contribution in [0.3, 0.4) is 0 Å². The average molecular weight is 317 g/mol. The highest BCUT2D eigenvalue weighted by molar-refractivity contribution is 7.13. The minimum atomic E-state index is 0.0917. The average Bonchev–Trinajstić information content (AvgIpc) is 2.95. The molecule has 0 radical (unpaired) electrons. The molecule has 116 valence electrons. The Bertz CT molecular complexity index is 634. The van der Waals surface area contributed by atoms with Crippen molar-refractivity contribution >= 4 is 17.2 Å². The molecular formula is C16H19N3O2S. The molecule has 2 aromatic rings. The van der Waals surface area contributed by atoms with E-state index in [4.69, 9.17) is 4.74 Å². The van der Waals surface area contributed by atoms with Crippen molar-refractivity contribution in [1.82, 2.24) is 14.9 Å². The zero-order valence-corrected chi connectivity index (χ0v) is 13.5. The molecule has 0 N–H and O–H groups in total. The molecular weight excluding hydrogens is 298 g/mol. The minimum Gasteiger partial charge on any atom is -0.372 e. The molecule has 3 heterocycles. The lowest BCUT2D eigenvalue weighted by atomic mass is 10.2. The molecule has 2 atom stereocenters. The molecule has 2 unspecified atom stereocenters. The first-order chi connectivity index (χ1) is 10.6. The number of morpholine rings is 1. The van der Waals surface area contributed by atoms with Crippen LogP contribution in [0.1, 0.15) is 19.5 Å². The third-order valence-electron chi connectivity index (χ3n) is 3.56. The predicted molar refractivity (Wildman–Crippen MR) is 85.6 cm³/mol. The number of hydrogen-bond acceptors (Lipinski definition) is 5. The molecule has 22 heavy (non-hydrogen) atoms. The van der Waals surface area contributed by atoms with Crippen molar-refractivity contribution in [2.45, 2.75) is 32.5 Å². The van der Waals surface area contributed by atoms with Crippen LogP contribution in [0, 0.1) is 0 Å². The maximum atomic E-state index is 12.4. The number of carbonyl (C=O) groups excluding carboxylic acids is 1. The fourth-order valence-electron chi connectivity index (χ4n) is 2.66. The summed E-state index contributed by atoms with van der Waals surface area (Å²) < 4.78 is 5.66. The monoisotopic (exact) mass is 317 g/mol. The number of thiazole rings is 1. The van der Waals surface area contributed by atoms with E-state index in [1.165, 1.54) is 0 Å². The van der Waals surface area contributed by atoms with E-state index in [2.05, 4.69) is 9.97 Å². The van der Waals surface area contributed by atoms with E-state index in [9.17, 15) is 4.79 Å². The number of hydrogen-bond donors (Lipinski definition) is 0. The second kappa shape index (κ2) is 6.54. The number of carbonyl (C=O) groups is 1. The second-order valence-electron chi connectivity index (χ2n) is 5.62. The van der Waals surface area contributed by atoms with Crippen molar-refractivity contribution < 1.29 is 9.53 Å². The number of pyridine rings is 1. The summed E-state index contributed by atoms with van der Waals surface area (Å²) in [6.45, 7) is 5.31. The summed E-state index contributed by atoms with van der Waals surface area (Å²) in [5, 5.41) is 2.85. The van der Waals surface area contributed by atoms with E-state index in [0.29, 0.717) is 19.5 Å². The van der Waals surface area contributed by atoms with Gasteiger partial charge in [-0.1, -0.05) is 0 Å². The number of ether oxygens (including phenoxy) is 1. The van der Waals surface area contributed by atoms with Crippen molar-refractivity contribution in [3.8, 4) is 10.6 Å². The summed E-state index contributed by atoms with van der Waals surface area (Å²) in [4.78, 5) is 23.0. The molecule has 1 aliphatic heterocycles. The molecule has 0 aromatic carbocycles. The number of rotatable bonds is 3. The maximum Gasteiger partial charge on any atom is 0.228 e. The Hall–Kier alpha value is -1.79. The van der Waals surface area contributed by atoms with Gasteiger partial charge in [0.2, 0.25) is 5.91 Å². The van der Waals surface area contributed by atoms with Gasteiger partial charge in [0.25, 0.3) is 0 Å². The van der Waals surface area contributed by atoms with Crippen molar-refractivity contribution in [2.75, 3.05) is 13.1 Å². The highest BCUT2D eigenvalue weighted by Crippen LogP contribution is 2.23. The van der Waals surface area contributed by atoms with Crippen LogP contribution in [0.15, 0.2) is 29.9 Å². The molecule has 0 spiro atoms. The Kier molecular flexibility index (Phi) is 4.49. The van der Waals surface area contributed by atoms with Gasteiger partial charge in [-0.15, -0.1) is 11.3 Å². The summed E-state index contributed by atoms with van der Waals surface area (Å²) in [7, 11) is 0. The van der Waals surface area contributed by atoms with Gasteiger partial charge in [0.15, 0.2) is 0 Å². The smallest absolute Gasteiger partial charge is 0.228 e. The molecule has 1 saturated heterocycles. The summed E-state index contributed by atoms with van der Waals surface area (Å²) in [5.41, 5.74) is 1.81. The summed E-state index contributed by atoms with van der Waals surface area (Å²) in [6.07, 6.45) is 4.05. The number of amides is 1. The SMILES string of the molecule is CC1CN(C(=O)Cc2csc(-c3cccnc3)n2)CC(C)O1. The first-order valence-electron chi connectivity index (χ1n) is 7.40. The Labute approximate surface area is 134 Å². The standard InChI is InChI=1S/C16H19N3O2S/c1-11-8-19(9-12(2)21-11)15(20)6-14-10-22-16(18-14)13-4-3-5-17-7-13/h3-5,7,10-12H,6,8-9H2,1-2H3. The number of nitrogens with zero attached hydrogens (tertiary/aromatic N) is 3. The van der Waals surface area contributed by atoms with Gasteiger partial charge >= 0.3 is 0 Å². The molecule has 6 heteroatoms. The molecule has 0 aliphatic carbocycles. The maximum absolute atomic E-state index is 12.4. The van der Waals surface area contributed by atoms with E-state index in [-0.39, 0.29) is 18.1 Å². The summed E-state index contributed by atoms with van der Waals surface area (Å²) >= 11 is 1.55. The van der Waals surface area contributed by atoms with Crippen molar-refractivity contribution in [2.24, 2.45) is 0 Å². The van der Waals surface area contributed by atoms with Gasteiger partial charge in [-0.3, -0.25) is 9.78 Å². The zero-order chi connectivity index (χ0) is 15.5. The largest absolute Gasteiger partial charge is 0.372 e. The van der Waals surface area contributed by atoms with Gasteiger partial charge < -0.3 is 9.64 Å². The van der Waals surface area contributed by atoms with E-state index >= 15 is 0 Å². The topological polar surface area (TPSA) is 55.3 Å². The Morgan fingerprint density at radius 2 is 2.18 bits per heavy atom. The molecule has 1 amide bonds. The minimum absolute atomic E-state index is 0.0917. The van der Waals surface area contributed by atoms with E-state index in [0.717, 1.165) is 16.3 Å². The Morgan fingerprint density at radius 1 is 1.41 bits per heavy atom. The van der Waals surface area contributed by atoms with Crippen LogP contribution in [-0.4, -0.2) is 46.1 Å². The first-order valence-corrected chi connectivity index (χ1v) is 8.28. The highest BCUT2D eigenvalue weighted by atomic mass is 32.1. The quantitative estimate of drug-likeness (QED) is 0.872. The van der Waals surface area contributed by atoms with Crippen LogP contribution in [0.4, 0.5) is 0 Å². The van der Waals surface area contributed by atoms with Crippen LogP contribution < -0.4 is 0 Å². The van der Waals surface area contributed by atoms with Gasteiger partial charge in [0.1, 0.15) is 5.01 Å². The fourth-order valence-corrected chi connectivity index (χ4v) is 3.47. The summed E-state index contributed by atoms with van der Waals surface area (Å²) in [5.74, 6) is 0.116. The first kappa shape index (κ1) is 15.1. The lowest BCUT2D eigenvalue weighted by molar-refractivity contribution is -0.142. The fraction of sp³-hybridized carbons (Fsp3) is 0.438. The lowest BCUT2D eigenvalue weighted by Crippen LogP contribution is -2.48. The lowest BCUT2D eigenvalue weighted by Gasteiger charge is -2.35. The third kappa shape index (κ3) is 3.51. The van der Waals surface area contributed by atoms with Crippen LogP contribution in [-0.2, 0) is 16.0 Å². The van der Waals surface area contributed by atoms with Gasteiger partial charge in [0.05, 0.1) is 24.3 Å². The normalized spacial score (nSPS) is 21.8. The summed E-state index contributed by atoms with van der Waals surface area (Å²) in [6, 6.07) is 3.86. The highest BCUT2D eigenvalue weighted by Gasteiger charge is 2.26. The predicted octanol–water partition coefficient (Wildman–Crippen LogP) is 2.38. The van der Waals surface area contributed by atoms with E-state index in [1.807, 2.05) is 36.3 Å². The van der Waals surface area contributed by atoms with Crippen LogP contribution in [0.25, 0.3) is 10.6 Å². The third-order valence-corrected chi connectivity index (χ3v) is 4.51. The van der Waals surface area contributed by atoms with E-state index in [1.54, 1.807) is 23.7 Å².